The monoisotopic (exact) mass is 180 g/mol. The van der Waals surface area contributed by atoms with Gasteiger partial charge >= 0.3 is 0 Å². The normalized spacial score (nSPS) is 15.6. The lowest BCUT2D eigenvalue weighted by Gasteiger charge is -2.17. The lowest BCUT2D eigenvalue weighted by atomic mass is 10.1. The van der Waals surface area contributed by atoms with Crippen LogP contribution in [-0.4, -0.2) is 18.1 Å². The van der Waals surface area contributed by atoms with Crippen LogP contribution >= 0.6 is 0 Å². The van der Waals surface area contributed by atoms with Gasteiger partial charge in [-0.15, -0.1) is 0 Å². The molecule has 0 spiro atoms. The number of hydrogen-bond acceptors (Lipinski definition) is 3. The Morgan fingerprint density at radius 1 is 1.77 bits per heavy atom. The molecule has 4 nitrogen and oxygen atoms in total. The minimum absolute atomic E-state index is 0.316. The minimum Gasteiger partial charge on any atom is -0.488 e. The number of rotatable bonds is 2. The van der Waals surface area contributed by atoms with Crippen LogP contribution in [0.2, 0.25) is 0 Å². The minimum atomic E-state index is -0.843. The van der Waals surface area contributed by atoms with Gasteiger partial charge in [0.05, 0.1) is 12.7 Å². The zero-order chi connectivity index (χ0) is 9.90. The summed E-state index contributed by atoms with van der Waals surface area (Å²) in [4.78, 5) is 11.4. The second kappa shape index (κ2) is 3.48. The third kappa shape index (κ3) is 2.48. The van der Waals surface area contributed by atoms with Crippen LogP contribution in [0.4, 0.5) is 0 Å². The highest BCUT2D eigenvalue weighted by Gasteiger charge is 2.23. The average Bonchev–Trinajstić information content (AvgIpc) is 2.55. The average molecular weight is 180 g/mol. The third-order valence-electron chi connectivity index (χ3n) is 1.63. The van der Waals surface area contributed by atoms with Crippen molar-refractivity contribution in [3.8, 4) is 6.07 Å². The molecule has 70 valence electrons. The van der Waals surface area contributed by atoms with Crippen LogP contribution in [0.3, 0.4) is 0 Å². The summed E-state index contributed by atoms with van der Waals surface area (Å²) in [5.41, 5.74) is -0.843. The van der Waals surface area contributed by atoms with Gasteiger partial charge in [0.1, 0.15) is 5.54 Å². The van der Waals surface area contributed by atoms with E-state index in [2.05, 4.69) is 5.32 Å². The van der Waals surface area contributed by atoms with Gasteiger partial charge < -0.3 is 10.1 Å². The van der Waals surface area contributed by atoms with E-state index in [1.807, 2.05) is 6.07 Å². The molecule has 0 saturated heterocycles. The molecule has 1 rings (SSSR count). The maximum absolute atomic E-state index is 11.4. The number of carbonyl (C=O) groups is 1. The van der Waals surface area contributed by atoms with Crippen LogP contribution in [0.1, 0.15) is 20.3 Å². The van der Waals surface area contributed by atoms with Crippen molar-refractivity contribution in [1.82, 2.24) is 5.32 Å². The van der Waals surface area contributed by atoms with Gasteiger partial charge in [0.15, 0.2) is 5.76 Å². The highest BCUT2D eigenvalue weighted by molar-refractivity contribution is 5.92. The largest absolute Gasteiger partial charge is 0.488 e. The molecule has 0 aromatic heterocycles. The zero-order valence-electron chi connectivity index (χ0n) is 7.76. The van der Waals surface area contributed by atoms with Crippen molar-refractivity contribution in [1.29, 1.82) is 5.26 Å². The quantitative estimate of drug-likeness (QED) is 0.680. The van der Waals surface area contributed by atoms with E-state index in [-0.39, 0.29) is 5.91 Å². The Hall–Kier alpha value is -1.50. The number of amides is 1. The summed E-state index contributed by atoms with van der Waals surface area (Å²) in [6, 6.07) is 1.98. The summed E-state index contributed by atoms with van der Waals surface area (Å²) in [5, 5.41) is 11.2. The molecule has 0 fully saturated rings. The zero-order valence-corrected chi connectivity index (χ0v) is 7.76. The van der Waals surface area contributed by atoms with Crippen molar-refractivity contribution in [2.45, 2.75) is 25.8 Å². The second-order valence-corrected chi connectivity index (χ2v) is 3.40. The van der Waals surface area contributed by atoms with Crippen molar-refractivity contribution >= 4 is 5.91 Å². The van der Waals surface area contributed by atoms with E-state index < -0.39 is 5.54 Å². The summed E-state index contributed by atoms with van der Waals surface area (Å²) in [7, 11) is 0. The topological polar surface area (TPSA) is 62.1 Å². The molecule has 0 atom stereocenters. The van der Waals surface area contributed by atoms with Crippen LogP contribution in [0, 0.1) is 11.3 Å². The molecule has 0 aromatic carbocycles. The molecule has 1 aliphatic heterocycles. The summed E-state index contributed by atoms with van der Waals surface area (Å²) >= 11 is 0. The molecule has 0 unspecified atom stereocenters. The molecular formula is C9H12N2O2. The number of hydrogen-bond donors (Lipinski definition) is 1. The molecule has 0 aliphatic carbocycles. The van der Waals surface area contributed by atoms with E-state index in [0.717, 1.165) is 6.42 Å². The highest BCUT2D eigenvalue weighted by Crippen LogP contribution is 2.10. The molecule has 0 bridgehead atoms. The molecule has 0 saturated carbocycles. The molecule has 1 N–H and O–H groups in total. The van der Waals surface area contributed by atoms with E-state index >= 15 is 0 Å². The lowest BCUT2D eigenvalue weighted by Crippen LogP contribution is -2.42. The smallest absolute Gasteiger partial charge is 0.287 e. The van der Waals surface area contributed by atoms with Gasteiger partial charge in [0.25, 0.3) is 5.91 Å². The van der Waals surface area contributed by atoms with Gasteiger partial charge in [-0.3, -0.25) is 4.79 Å². The van der Waals surface area contributed by atoms with E-state index in [1.54, 1.807) is 19.9 Å². The van der Waals surface area contributed by atoms with Gasteiger partial charge in [-0.2, -0.15) is 5.26 Å². The fourth-order valence-electron chi connectivity index (χ4n) is 0.949. The Kier molecular flexibility index (Phi) is 2.57. The van der Waals surface area contributed by atoms with Crippen LogP contribution in [0.5, 0.6) is 0 Å². The van der Waals surface area contributed by atoms with Crippen molar-refractivity contribution in [2.24, 2.45) is 0 Å². The maximum atomic E-state index is 11.4. The Bertz CT molecular complexity index is 286. The van der Waals surface area contributed by atoms with Crippen molar-refractivity contribution < 1.29 is 9.53 Å². The van der Waals surface area contributed by atoms with Crippen molar-refractivity contribution in [3.05, 3.63) is 11.8 Å². The van der Waals surface area contributed by atoms with Crippen molar-refractivity contribution in [2.75, 3.05) is 6.61 Å². The van der Waals surface area contributed by atoms with E-state index in [9.17, 15) is 4.79 Å². The van der Waals surface area contributed by atoms with Crippen LogP contribution in [0.25, 0.3) is 0 Å². The van der Waals surface area contributed by atoms with Gasteiger partial charge in [-0.1, -0.05) is 0 Å². The van der Waals surface area contributed by atoms with Crippen LogP contribution in [-0.2, 0) is 9.53 Å². The standard InChI is InChI=1S/C9H12N2O2/c1-9(2,6-10)11-8(12)7-4-3-5-13-7/h4H,3,5H2,1-2H3,(H,11,12). The SMILES string of the molecule is CC(C)(C#N)NC(=O)C1=CCCO1. The number of nitriles is 1. The molecular weight excluding hydrogens is 168 g/mol. The van der Waals surface area contributed by atoms with Gasteiger partial charge in [0.2, 0.25) is 0 Å². The van der Waals surface area contributed by atoms with Crippen LogP contribution < -0.4 is 5.32 Å². The van der Waals surface area contributed by atoms with E-state index in [1.165, 1.54) is 0 Å². The van der Waals surface area contributed by atoms with Gasteiger partial charge in [-0.25, -0.2) is 0 Å². The Balaban J connectivity index is 2.56. The summed E-state index contributed by atoms with van der Waals surface area (Å²) < 4.78 is 5.04. The summed E-state index contributed by atoms with van der Waals surface area (Å²) in [5.74, 6) is 0.00683. The lowest BCUT2D eigenvalue weighted by molar-refractivity contribution is -0.121. The number of nitrogens with one attached hydrogen (secondary N) is 1. The first kappa shape index (κ1) is 9.59. The molecule has 0 radical (unpaired) electrons. The number of nitrogens with zero attached hydrogens (tertiary/aromatic N) is 1. The first-order valence-corrected chi connectivity index (χ1v) is 4.12. The molecule has 1 heterocycles. The fourth-order valence-corrected chi connectivity index (χ4v) is 0.949. The second-order valence-electron chi connectivity index (χ2n) is 3.40. The highest BCUT2D eigenvalue weighted by atomic mass is 16.5. The van der Waals surface area contributed by atoms with Crippen LogP contribution in [0.15, 0.2) is 11.8 Å². The molecule has 1 aliphatic rings. The summed E-state index contributed by atoms with van der Waals surface area (Å²) in [6.45, 7) is 3.83. The Labute approximate surface area is 77.2 Å². The molecule has 0 aromatic rings. The Morgan fingerprint density at radius 2 is 2.46 bits per heavy atom. The predicted octanol–water partition coefficient (Wildman–Crippen LogP) is 0.709. The van der Waals surface area contributed by atoms with E-state index in [0.29, 0.717) is 12.4 Å². The number of carbonyl (C=O) groups excluding carboxylic acids is 1. The van der Waals surface area contributed by atoms with E-state index in [4.69, 9.17) is 10.00 Å². The third-order valence-corrected chi connectivity index (χ3v) is 1.63. The first-order valence-electron chi connectivity index (χ1n) is 4.12. The summed E-state index contributed by atoms with van der Waals surface area (Å²) in [6.07, 6.45) is 2.48. The molecule has 4 heteroatoms. The number of ether oxygens (including phenoxy) is 1. The first-order chi connectivity index (χ1) is 6.05. The molecule has 1 amide bonds. The van der Waals surface area contributed by atoms with Crippen molar-refractivity contribution in [3.63, 3.8) is 0 Å². The van der Waals surface area contributed by atoms with Gasteiger partial charge in [-0.05, 0) is 19.9 Å². The fraction of sp³-hybridized carbons (Fsp3) is 0.556. The molecule has 13 heavy (non-hydrogen) atoms. The predicted molar refractivity (Wildman–Crippen MR) is 46.5 cm³/mol. The van der Waals surface area contributed by atoms with Gasteiger partial charge in [0, 0.05) is 6.42 Å². The maximum Gasteiger partial charge on any atom is 0.287 e. The Morgan fingerprint density at radius 3 is 2.92 bits per heavy atom.